The summed E-state index contributed by atoms with van der Waals surface area (Å²) < 4.78 is 13.1. The number of amides is 2. The van der Waals surface area contributed by atoms with Crippen LogP contribution in [0, 0.1) is 0 Å². The van der Waals surface area contributed by atoms with Gasteiger partial charge in [-0.15, -0.1) is 0 Å². The normalized spacial score (nSPS) is 17.7. The van der Waals surface area contributed by atoms with Crippen LogP contribution in [0.25, 0.3) is 0 Å². The number of ketones is 1. The van der Waals surface area contributed by atoms with Crippen molar-refractivity contribution in [2.75, 3.05) is 10.6 Å². The number of carbonyl (C=O) groups is 3. The van der Waals surface area contributed by atoms with E-state index in [-0.39, 0.29) is 16.6 Å². The van der Waals surface area contributed by atoms with Gasteiger partial charge in [0.25, 0.3) is 5.91 Å². The largest absolute Gasteiger partial charge is 0.324 e. The molecule has 1 heterocycles. The van der Waals surface area contributed by atoms with Gasteiger partial charge in [0.05, 0.1) is 21.4 Å². The maximum absolute atomic E-state index is 13.1. The van der Waals surface area contributed by atoms with Gasteiger partial charge in [0.15, 0.2) is 16.7 Å². The van der Waals surface area contributed by atoms with Crippen molar-refractivity contribution in [3.63, 3.8) is 0 Å². The third kappa shape index (κ3) is 4.99. The Kier molecular flexibility index (Phi) is 6.84. The third-order valence-electron chi connectivity index (χ3n) is 4.23. The highest BCUT2D eigenvalue weighted by molar-refractivity contribution is 7.88. The van der Waals surface area contributed by atoms with E-state index in [4.69, 9.17) is 18.1 Å². The van der Waals surface area contributed by atoms with Crippen LogP contribution in [0.5, 0.6) is 0 Å². The van der Waals surface area contributed by atoms with Gasteiger partial charge in [0.2, 0.25) is 11.0 Å². The molecule has 1 aliphatic heterocycles. The number of hydrogen-bond donors (Lipinski definition) is 5. The predicted octanol–water partition coefficient (Wildman–Crippen LogP) is 0.650. The van der Waals surface area contributed by atoms with Crippen LogP contribution in [0.15, 0.2) is 58.5 Å². The fourth-order valence-electron chi connectivity index (χ4n) is 2.78. The van der Waals surface area contributed by atoms with Gasteiger partial charge in [0.1, 0.15) is 0 Å². The fraction of sp³-hybridized carbons (Fsp3) is 0.105. The zero-order valence-corrected chi connectivity index (χ0v) is 17.8. The van der Waals surface area contributed by atoms with Crippen LogP contribution in [-0.4, -0.2) is 37.9 Å². The number of benzene rings is 2. The predicted molar refractivity (Wildman–Crippen MR) is 121 cm³/mol. The molecule has 0 fully saturated rings. The number of hydrazine groups is 1. The van der Waals surface area contributed by atoms with E-state index in [1.54, 1.807) is 42.5 Å². The number of nitrogens with zero attached hydrogens (tertiary/aromatic N) is 1. The van der Waals surface area contributed by atoms with Crippen LogP contribution in [0.1, 0.15) is 17.3 Å². The molecule has 0 aliphatic carbocycles. The summed E-state index contributed by atoms with van der Waals surface area (Å²) in [6.45, 7) is 1.39. The number of thiocarbonyl (C=S) groups is 1. The van der Waals surface area contributed by atoms with Gasteiger partial charge in [-0.2, -0.15) is 5.10 Å². The third-order valence-corrected chi connectivity index (χ3v) is 6.09. The Balaban J connectivity index is 1.97. The van der Waals surface area contributed by atoms with Gasteiger partial charge in [0, 0.05) is 11.3 Å². The lowest BCUT2D eigenvalue weighted by molar-refractivity contribution is -0.116. The van der Waals surface area contributed by atoms with Crippen LogP contribution in [0.2, 0.25) is 0 Å². The minimum absolute atomic E-state index is 0.119. The first-order valence-corrected chi connectivity index (χ1v) is 10.5. The van der Waals surface area contributed by atoms with E-state index in [0.29, 0.717) is 21.8 Å². The molecule has 10 nitrogen and oxygen atoms in total. The lowest BCUT2D eigenvalue weighted by atomic mass is 10.1. The standard InChI is InChI=1S/C19H18N6O4S2/c1-10(26)11-5-4-6-12(9-11)21-17(27)15(24-25-19(30)23-20)16-18(28)22-13-7-2-3-8-14(13)31(16)29/h2-9,16H,20H2,1H3,(H,21,27)(H,22,28)(H2,23,25,30)/b24-15+. The van der Waals surface area contributed by atoms with Crippen molar-refractivity contribution in [1.29, 1.82) is 0 Å². The molecule has 1 aliphatic rings. The van der Waals surface area contributed by atoms with Crippen molar-refractivity contribution in [1.82, 2.24) is 10.9 Å². The maximum Gasteiger partial charge on any atom is 0.273 e. The Morgan fingerprint density at radius 2 is 1.94 bits per heavy atom. The molecular weight excluding hydrogens is 440 g/mol. The molecule has 0 bridgehead atoms. The number of nitrogens with two attached hydrogens (primary N) is 1. The quantitative estimate of drug-likeness (QED) is 0.144. The first kappa shape index (κ1) is 22.2. The second-order valence-electron chi connectivity index (χ2n) is 6.34. The molecule has 0 spiro atoms. The van der Waals surface area contributed by atoms with E-state index in [1.165, 1.54) is 13.0 Å². The van der Waals surface area contributed by atoms with Gasteiger partial charge in [-0.3, -0.25) is 29.4 Å². The van der Waals surface area contributed by atoms with E-state index in [1.807, 2.05) is 0 Å². The number of carbonyl (C=O) groups excluding carboxylic acids is 3. The lowest BCUT2D eigenvalue weighted by Crippen LogP contribution is -2.48. The highest BCUT2D eigenvalue weighted by atomic mass is 32.2. The average molecular weight is 459 g/mol. The fourth-order valence-corrected chi connectivity index (χ4v) is 4.24. The van der Waals surface area contributed by atoms with E-state index < -0.39 is 27.9 Å². The van der Waals surface area contributed by atoms with Crippen molar-refractivity contribution in [2.45, 2.75) is 17.1 Å². The molecule has 2 aromatic rings. The van der Waals surface area contributed by atoms with E-state index in [9.17, 15) is 18.6 Å². The Morgan fingerprint density at radius 1 is 1.19 bits per heavy atom. The molecule has 2 aromatic carbocycles. The molecule has 2 amide bonds. The molecule has 6 N–H and O–H groups in total. The van der Waals surface area contributed by atoms with Crippen LogP contribution >= 0.6 is 12.2 Å². The summed E-state index contributed by atoms with van der Waals surface area (Å²) >= 11 is 4.86. The van der Waals surface area contributed by atoms with Gasteiger partial charge < -0.3 is 10.6 Å². The summed E-state index contributed by atoms with van der Waals surface area (Å²) in [7, 11) is -1.91. The second kappa shape index (κ2) is 9.55. The number of hydrazone groups is 1. The molecule has 31 heavy (non-hydrogen) atoms. The smallest absolute Gasteiger partial charge is 0.273 e. The molecular formula is C19H18N6O4S2. The summed E-state index contributed by atoms with van der Waals surface area (Å²) in [5.41, 5.74) is 5.18. The summed E-state index contributed by atoms with van der Waals surface area (Å²) in [4.78, 5) is 37.7. The van der Waals surface area contributed by atoms with Crippen molar-refractivity contribution in [3.05, 3.63) is 54.1 Å². The molecule has 2 unspecified atom stereocenters. The minimum atomic E-state index is -1.91. The Labute approximate surface area is 185 Å². The van der Waals surface area contributed by atoms with E-state index >= 15 is 0 Å². The SMILES string of the molecule is CC(=O)c1cccc(NC(=O)/C(=N/NC(=S)NN)C2C(=O)Nc3ccccc3S2=O)c1. The molecule has 3 rings (SSSR count). The minimum Gasteiger partial charge on any atom is -0.324 e. The Hall–Kier alpha value is -3.48. The zero-order chi connectivity index (χ0) is 22.5. The lowest BCUT2D eigenvalue weighted by Gasteiger charge is -2.24. The van der Waals surface area contributed by atoms with Gasteiger partial charge in [-0.1, -0.05) is 24.3 Å². The summed E-state index contributed by atoms with van der Waals surface area (Å²) in [6.07, 6.45) is 0. The molecule has 2 atom stereocenters. The van der Waals surface area contributed by atoms with Crippen LogP contribution in [0.4, 0.5) is 11.4 Å². The van der Waals surface area contributed by atoms with Gasteiger partial charge in [-0.25, -0.2) is 5.84 Å². The average Bonchev–Trinajstić information content (AvgIpc) is 2.75. The highest BCUT2D eigenvalue weighted by Crippen LogP contribution is 2.28. The molecule has 0 saturated carbocycles. The summed E-state index contributed by atoms with van der Waals surface area (Å²) in [5.74, 6) is 3.55. The highest BCUT2D eigenvalue weighted by Gasteiger charge is 2.40. The van der Waals surface area contributed by atoms with Crippen molar-refractivity contribution < 1.29 is 18.6 Å². The maximum atomic E-state index is 13.1. The number of rotatable bonds is 5. The zero-order valence-electron chi connectivity index (χ0n) is 16.2. The second-order valence-corrected chi connectivity index (χ2v) is 8.25. The Morgan fingerprint density at radius 3 is 2.65 bits per heavy atom. The van der Waals surface area contributed by atoms with Crippen molar-refractivity contribution in [3.8, 4) is 0 Å². The first-order valence-electron chi connectivity index (χ1n) is 8.88. The first-order chi connectivity index (χ1) is 14.8. The van der Waals surface area contributed by atoms with Crippen LogP contribution < -0.4 is 27.3 Å². The van der Waals surface area contributed by atoms with E-state index in [2.05, 4.69) is 26.6 Å². The molecule has 160 valence electrons. The number of hydrogen-bond acceptors (Lipinski definition) is 7. The molecule has 0 aromatic heterocycles. The number of fused-ring (bicyclic) bond motifs is 1. The topological polar surface area (TPSA) is 155 Å². The number of anilines is 2. The van der Waals surface area contributed by atoms with Gasteiger partial charge >= 0.3 is 0 Å². The monoisotopic (exact) mass is 458 g/mol. The molecule has 12 heteroatoms. The summed E-state index contributed by atoms with van der Waals surface area (Å²) in [5, 5.41) is 7.56. The number of nitrogens with one attached hydrogen (secondary N) is 4. The van der Waals surface area contributed by atoms with Crippen LogP contribution in [0.3, 0.4) is 0 Å². The number of para-hydroxylation sites is 1. The Bertz CT molecular complexity index is 1130. The molecule has 0 radical (unpaired) electrons. The van der Waals surface area contributed by atoms with E-state index in [0.717, 1.165) is 0 Å². The molecule has 0 saturated heterocycles. The van der Waals surface area contributed by atoms with Crippen molar-refractivity contribution in [2.24, 2.45) is 10.9 Å². The van der Waals surface area contributed by atoms with Gasteiger partial charge in [-0.05, 0) is 43.4 Å². The number of Topliss-reactive ketones (excluding diaryl/α,β-unsaturated/α-hetero) is 1. The van der Waals surface area contributed by atoms with Crippen molar-refractivity contribution >= 4 is 62.8 Å². The van der Waals surface area contributed by atoms with Crippen LogP contribution in [-0.2, 0) is 20.4 Å². The summed E-state index contributed by atoms with van der Waals surface area (Å²) in [6, 6.07) is 12.8.